The van der Waals surface area contributed by atoms with Gasteiger partial charge in [-0.25, -0.2) is 0 Å². The molecule has 2 amide bonds. The van der Waals surface area contributed by atoms with E-state index in [0.717, 1.165) is 34.9 Å². The van der Waals surface area contributed by atoms with Crippen molar-refractivity contribution in [2.24, 2.45) is 0 Å². The topological polar surface area (TPSA) is 151 Å². The lowest BCUT2D eigenvalue weighted by atomic mass is 10.1. The van der Waals surface area contributed by atoms with Crippen molar-refractivity contribution in [2.45, 2.75) is 18.0 Å². The number of carbonyl (C=O) groups excluding carboxylic acids is 2. The van der Waals surface area contributed by atoms with Crippen LogP contribution in [0, 0.1) is 0 Å². The molecule has 0 fully saturated rings. The second-order valence-electron chi connectivity index (χ2n) is 6.19. The van der Waals surface area contributed by atoms with Gasteiger partial charge in [-0.3, -0.25) is 20.2 Å². The molecule has 0 aliphatic heterocycles. The monoisotopic (exact) mass is 452 g/mol. The van der Waals surface area contributed by atoms with Crippen LogP contribution in [0.5, 0.6) is 11.5 Å². The van der Waals surface area contributed by atoms with Gasteiger partial charge in [-0.05, 0) is 36.4 Å². The van der Waals surface area contributed by atoms with Gasteiger partial charge in [0.1, 0.15) is 11.5 Å². The molecule has 8 N–H and O–H groups in total. The zero-order valence-corrected chi connectivity index (χ0v) is 15.1. The second kappa shape index (κ2) is 7.77. The number of hydrogen-bond acceptors (Lipinski definition) is 6. The molecular weight excluding hydrogens is 438 g/mol. The fourth-order valence-electron chi connectivity index (χ4n) is 2.23. The number of benzene rings is 2. The van der Waals surface area contributed by atoms with E-state index < -0.39 is 63.8 Å². The van der Waals surface area contributed by atoms with E-state index in [1.54, 1.807) is 0 Å². The summed E-state index contributed by atoms with van der Waals surface area (Å²) in [6.07, 6.45) is -6.54. The van der Waals surface area contributed by atoms with E-state index in [4.69, 9.17) is 11.5 Å². The lowest BCUT2D eigenvalue weighted by Crippen LogP contribution is -2.71. The summed E-state index contributed by atoms with van der Waals surface area (Å²) in [4.78, 5) is 24.2. The number of anilines is 2. The van der Waals surface area contributed by atoms with E-state index in [9.17, 15) is 41.8 Å². The smallest absolute Gasteiger partial charge is 0.461 e. The largest absolute Gasteiger partial charge is 0.506 e. The normalized spacial score (nSPS) is 12.3. The highest BCUT2D eigenvalue weighted by Gasteiger charge is 2.73. The molecule has 2 aromatic rings. The Bertz CT molecular complexity index is 963. The summed E-state index contributed by atoms with van der Waals surface area (Å²) >= 11 is 0. The molecule has 0 aliphatic carbocycles. The number of halogens is 6. The van der Waals surface area contributed by atoms with Crippen LogP contribution in [-0.2, 0) is 0 Å². The zero-order valence-electron chi connectivity index (χ0n) is 15.1. The number of nitrogens with two attached hydrogens (primary N) is 2. The molecule has 0 saturated heterocycles. The molecule has 168 valence electrons. The van der Waals surface area contributed by atoms with Crippen LogP contribution in [0.15, 0.2) is 36.4 Å². The molecule has 2 aromatic carbocycles. The molecule has 0 aromatic heterocycles. The molecule has 8 nitrogen and oxygen atoms in total. The second-order valence-corrected chi connectivity index (χ2v) is 6.19. The summed E-state index contributed by atoms with van der Waals surface area (Å²) in [6.45, 7) is 0. The van der Waals surface area contributed by atoms with Gasteiger partial charge in [0, 0.05) is 11.1 Å². The number of nitrogens with one attached hydrogen (secondary N) is 2. The van der Waals surface area contributed by atoms with Gasteiger partial charge >= 0.3 is 18.0 Å². The predicted molar refractivity (Wildman–Crippen MR) is 94.8 cm³/mol. The Morgan fingerprint density at radius 2 is 1.10 bits per heavy atom. The van der Waals surface area contributed by atoms with Gasteiger partial charge in [-0.15, -0.1) is 0 Å². The SMILES string of the molecule is Nc1cc(C(=O)NC(F)(NC(=O)c2ccc(O)c(N)c2)C(F)(F)C(F)(F)F)ccc1O. The molecule has 0 bridgehead atoms. The van der Waals surface area contributed by atoms with Crippen LogP contribution in [0.2, 0.25) is 0 Å². The van der Waals surface area contributed by atoms with Gasteiger partial charge in [0.05, 0.1) is 11.4 Å². The molecule has 14 heteroatoms. The molecule has 0 radical (unpaired) electrons. The maximum atomic E-state index is 15.0. The molecule has 0 heterocycles. The lowest BCUT2D eigenvalue weighted by molar-refractivity contribution is -0.334. The zero-order chi connectivity index (χ0) is 23.8. The van der Waals surface area contributed by atoms with E-state index in [0.29, 0.717) is 12.1 Å². The molecule has 2 rings (SSSR count). The molecule has 0 unspecified atom stereocenters. The van der Waals surface area contributed by atoms with Crippen LogP contribution in [0.4, 0.5) is 37.7 Å². The number of phenols is 2. The Labute approximate surface area is 169 Å². The van der Waals surface area contributed by atoms with Crippen LogP contribution in [0.1, 0.15) is 20.7 Å². The summed E-state index contributed by atoms with van der Waals surface area (Å²) in [7, 11) is 0. The van der Waals surface area contributed by atoms with Crippen LogP contribution in [0.3, 0.4) is 0 Å². The predicted octanol–water partition coefficient (Wildman–Crippen LogP) is 2.24. The van der Waals surface area contributed by atoms with Crippen molar-refractivity contribution in [3.63, 3.8) is 0 Å². The first-order valence-electron chi connectivity index (χ1n) is 8.04. The number of alkyl halides is 6. The molecular formula is C17H14F6N4O4. The number of carbonyl (C=O) groups is 2. The molecule has 31 heavy (non-hydrogen) atoms. The van der Waals surface area contributed by atoms with Crippen molar-refractivity contribution < 1.29 is 46.1 Å². The van der Waals surface area contributed by atoms with Gasteiger partial charge in [-0.1, -0.05) is 0 Å². The summed E-state index contributed by atoms with van der Waals surface area (Å²) in [5, 5.41) is 20.2. The highest BCUT2D eigenvalue weighted by molar-refractivity contribution is 5.98. The Morgan fingerprint density at radius 3 is 1.39 bits per heavy atom. The average molecular weight is 452 g/mol. The number of nitrogen functional groups attached to an aromatic ring is 2. The standard InChI is InChI=1S/C17H14F6N4O4/c18-15(19,16(20,21)22)17(23,26-13(30)7-1-3-11(28)9(24)5-7)27-14(31)8-2-4-12(29)10(25)6-8/h1-6,28-29H,24-25H2,(H,26,30)(H,27,31). The first-order valence-corrected chi connectivity index (χ1v) is 8.04. The highest BCUT2D eigenvalue weighted by Crippen LogP contribution is 2.43. The minimum atomic E-state index is -6.54. The van der Waals surface area contributed by atoms with E-state index in [2.05, 4.69) is 0 Å². The summed E-state index contributed by atoms with van der Waals surface area (Å²) < 4.78 is 81.5. The first kappa shape index (κ1) is 23.4. The van der Waals surface area contributed by atoms with Crippen molar-refractivity contribution in [1.29, 1.82) is 0 Å². The third-order valence-electron chi connectivity index (χ3n) is 3.94. The van der Waals surface area contributed by atoms with Crippen molar-refractivity contribution in [1.82, 2.24) is 10.6 Å². The average Bonchev–Trinajstić information content (AvgIpc) is 2.64. The van der Waals surface area contributed by atoms with E-state index in [1.165, 1.54) is 0 Å². The fraction of sp³-hybridized carbons (Fsp3) is 0.176. The van der Waals surface area contributed by atoms with Crippen LogP contribution in [0.25, 0.3) is 0 Å². The van der Waals surface area contributed by atoms with Crippen molar-refractivity contribution in [3.05, 3.63) is 47.5 Å². The van der Waals surface area contributed by atoms with Crippen LogP contribution >= 0.6 is 0 Å². The highest BCUT2D eigenvalue weighted by atomic mass is 19.4. The summed E-state index contributed by atoms with van der Waals surface area (Å²) in [5.74, 6) is -16.2. The van der Waals surface area contributed by atoms with E-state index in [1.807, 2.05) is 0 Å². The minimum Gasteiger partial charge on any atom is -0.506 e. The Morgan fingerprint density at radius 1 is 0.742 bits per heavy atom. The Balaban J connectivity index is 2.45. The lowest BCUT2D eigenvalue weighted by Gasteiger charge is -2.35. The third-order valence-corrected chi connectivity index (χ3v) is 3.94. The van der Waals surface area contributed by atoms with E-state index >= 15 is 4.39 Å². The molecule has 0 aliphatic rings. The number of hydrogen-bond donors (Lipinski definition) is 6. The third kappa shape index (κ3) is 4.51. The van der Waals surface area contributed by atoms with Gasteiger partial charge in [0.15, 0.2) is 0 Å². The quantitative estimate of drug-likeness (QED) is 0.135. The molecule has 0 atom stereocenters. The minimum absolute atomic E-state index is 0.455. The maximum absolute atomic E-state index is 15.0. The molecule has 0 saturated carbocycles. The van der Waals surface area contributed by atoms with Crippen molar-refractivity contribution in [2.75, 3.05) is 11.5 Å². The number of rotatable bonds is 5. The van der Waals surface area contributed by atoms with Gasteiger partial charge in [-0.2, -0.15) is 26.3 Å². The van der Waals surface area contributed by atoms with Gasteiger partial charge in [0.25, 0.3) is 11.8 Å². The summed E-state index contributed by atoms with van der Waals surface area (Å²) in [6, 6.07) is 4.50. The first-order chi connectivity index (χ1) is 14.1. The summed E-state index contributed by atoms with van der Waals surface area (Å²) in [5.41, 5.74) is 8.31. The number of phenolic OH excluding ortho intramolecular Hbond substituents is 2. The van der Waals surface area contributed by atoms with Crippen molar-refractivity contribution >= 4 is 23.2 Å². The number of aromatic hydroxyl groups is 2. The fourth-order valence-corrected chi connectivity index (χ4v) is 2.23. The number of amides is 2. The van der Waals surface area contributed by atoms with Crippen molar-refractivity contribution in [3.8, 4) is 11.5 Å². The van der Waals surface area contributed by atoms with E-state index in [-0.39, 0.29) is 0 Å². The van der Waals surface area contributed by atoms with Crippen LogP contribution in [-0.4, -0.2) is 40.0 Å². The maximum Gasteiger partial charge on any atom is 0.461 e. The molecule has 0 spiro atoms. The Hall–Kier alpha value is -3.84. The van der Waals surface area contributed by atoms with Gasteiger partial charge in [0.2, 0.25) is 0 Å². The van der Waals surface area contributed by atoms with Gasteiger partial charge < -0.3 is 21.7 Å². The Kier molecular flexibility index (Phi) is 5.88. The van der Waals surface area contributed by atoms with Crippen LogP contribution < -0.4 is 22.1 Å².